The maximum absolute atomic E-state index is 13.0. The van der Waals surface area contributed by atoms with E-state index in [0.29, 0.717) is 25.7 Å². The third kappa shape index (κ3) is 65.4. The van der Waals surface area contributed by atoms with E-state index in [1.807, 2.05) is 0 Å². The zero-order valence-electron chi connectivity index (χ0n) is 59.9. The summed E-state index contributed by atoms with van der Waals surface area (Å²) in [5, 5.41) is 10.6. The van der Waals surface area contributed by atoms with Gasteiger partial charge in [0, 0.05) is 25.7 Å². The van der Waals surface area contributed by atoms with E-state index in [1.54, 1.807) is 0 Å². The fourth-order valence-electron chi connectivity index (χ4n) is 11.1. The molecule has 0 heterocycles. The highest BCUT2D eigenvalue weighted by Crippen LogP contribution is 2.45. The minimum absolute atomic E-state index is 0.105. The molecule has 17 nitrogen and oxygen atoms in total. The average molecular weight is 1350 g/mol. The summed E-state index contributed by atoms with van der Waals surface area (Å²) >= 11 is 0. The van der Waals surface area contributed by atoms with Gasteiger partial charge in [0.15, 0.2) is 12.2 Å². The molecule has 0 aromatic carbocycles. The van der Waals surface area contributed by atoms with Crippen molar-refractivity contribution in [2.45, 2.75) is 394 Å². The van der Waals surface area contributed by atoms with Gasteiger partial charge < -0.3 is 33.8 Å². The number of unbranched alkanes of at least 4 members (excludes halogenated alkanes) is 41. The predicted octanol–water partition coefficient (Wildman–Crippen LogP) is 21.2. The molecule has 0 spiro atoms. The highest BCUT2D eigenvalue weighted by Gasteiger charge is 2.30. The molecule has 0 saturated carbocycles. The van der Waals surface area contributed by atoms with Crippen molar-refractivity contribution in [3.05, 3.63) is 0 Å². The lowest BCUT2D eigenvalue weighted by Gasteiger charge is -2.21. The minimum Gasteiger partial charge on any atom is -0.462 e. The molecule has 6 atom stereocenters. The Morgan fingerprint density at radius 2 is 0.554 bits per heavy atom. The molecule has 0 aromatic heterocycles. The van der Waals surface area contributed by atoms with Gasteiger partial charge >= 0.3 is 39.5 Å². The van der Waals surface area contributed by atoms with Crippen LogP contribution in [0, 0.1) is 11.8 Å². The Bertz CT molecular complexity index is 1790. The standard InChI is InChI=1S/C73H142O17P2/c1-7-10-12-14-16-18-20-22-23-24-25-27-31-39-45-51-57-72(77)89-68(61-84-71(76)56-50-44-38-32-28-29-35-41-47-53-65(4)5)63-87-91(79,80)85-59-67(74)60-86-92(81,82)88-64-69(90-73(78)58-52-46-40-34-33-36-42-48-54-66(6)9-3)62-83-70(75)55-49-43-37-30-26-21-19-17-15-13-11-8-2/h65-69,74H,7-64H2,1-6H3,(H,79,80)(H,81,82)/t66?,67-,68-,69-/m1/s1. The summed E-state index contributed by atoms with van der Waals surface area (Å²) in [5.41, 5.74) is 0. The van der Waals surface area contributed by atoms with Crippen molar-refractivity contribution in [1.82, 2.24) is 0 Å². The molecule has 0 aliphatic carbocycles. The molecule has 0 amide bonds. The maximum atomic E-state index is 13.0. The molecule has 0 aliphatic heterocycles. The summed E-state index contributed by atoms with van der Waals surface area (Å²) in [6.45, 7) is 9.56. The fourth-order valence-corrected chi connectivity index (χ4v) is 12.7. The Balaban J connectivity index is 5.26. The minimum atomic E-state index is -4.95. The molecule has 0 aromatic rings. The molecule has 546 valence electrons. The van der Waals surface area contributed by atoms with Crippen molar-refractivity contribution in [1.29, 1.82) is 0 Å². The number of rotatable bonds is 72. The van der Waals surface area contributed by atoms with E-state index < -0.39 is 97.5 Å². The van der Waals surface area contributed by atoms with E-state index in [2.05, 4.69) is 41.5 Å². The van der Waals surface area contributed by atoms with Crippen LogP contribution < -0.4 is 0 Å². The maximum Gasteiger partial charge on any atom is 0.472 e. The van der Waals surface area contributed by atoms with Gasteiger partial charge in [-0.25, -0.2) is 9.13 Å². The van der Waals surface area contributed by atoms with Gasteiger partial charge in [-0.15, -0.1) is 0 Å². The van der Waals surface area contributed by atoms with Crippen LogP contribution in [0.4, 0.5) is 0 Å². The number of esters is 4. The van der Waals surface area contributed by atoms with Crippen LogP contribution >= 0.6 is 15.6 Å². The van der Waals surface area contributed by atoms with Gasteiger partial charge in [-0.1, -0.05) is 324 Å². The number of hydrogen-bond acceptors (Lipinski definition) is 15. The zero-order chi connectivity index (χ0) is 67.9. The molecule has 0 aliphatic rings. The van der Waals surface area contributed by atoms with Crippen LogP contribution in [0.5, 0.6) is 0 Å². The van der Waals surface area contributed by atoms with E-state index in [1.165, 1.54) is 193 Å². The summed E-state index contributed by atoms with van der Waals surface area (Å²) in [6, 6.07) is 0. The van der Waals surface area contributed by atoms with Crippen LogP contribution in [-0.2, 0) is 65.4 Å². The number of aliphatic hydroxyl groups is 1. The molecule has 3 unspecified atom stereocenters. The summed E-state index contributed by atoms with van der Waals surface area (Å²) < 4.78 is 68.4. The van der Waals surface area contributed by atoms with Gasteiger partial charge in [-0.3, -0.25) is 37.3 Å². The van der Waals surface area contributed by atoms with E-state index in [4.69, 9.17) is 37.0 Å². The molecular formula is C73H142O17P2. The number of ether oxygens (including phenoxy) is 4. The third-order valence-electron chi connectivity index (χ3n) is 17.3. The average Bonchev–Trinajstić information content (AvgIpc) is 1.70. The van der Waals surface area contributed by atoms with Crippen molar-refractivity contribution >= 4 is 39.5 Å². The van der Waals surface area contributed by atoms with Gasteiger partial charge in [0.05, 0.1) is 26.4 Å². The van der Waals surface area contributed by atoms with Gasteiger partial charge in [-0.05, 0) is 37.5 Å². The second kappa shape index (κ2) is 65.0. The Morgan fingerprint density at radius 3 is 0.826 bits per heavy atom. The molecule has 0 bridgehead atoms. The van der Waals surface area contributed by atoms with Gasteiger partial charge in [0.2, 0.25) is 0 Å². The van der Waals surface area contributed by atoms with Crippen LogP contribution in [0.25, 0.3) is 0 Å². The lowest BCUT2D eigenvalue weighted by atomic mass is 9.99. The summed E-state index contributed by atoms with van der Waals surface area (Å²) in [4.78, 5) is 72.7. The smallest absolute Gasteiger partial charge is 0.462 e. The highest BCUT2D eigenvalue weighted by molar-refractivity contribution is 7.47. The molecular weight excluding hydrogens is 1210 g/mol. The number of hydrogen-bond donors (Lipinski definition) is 3. The van der Waals surface area contributed by atoms with Crippen LogP contribution in [0.3, 0.4) is 0 Å². The lowest BCUT2D eigenvalue weighted by Crippen LogP contribution is -2.30. The van der Waals surface area contributed by atoms with E-state index >= 15 is 0 Å². The Labute approximate surface area is 562 Å². The molecule has 0 radical (unpaired) electrons. The van der Waals surface area contributed by atoms with E-state index in [9.17, 15) is 43.2 Å². The van der Waals surface area contributed by atoms with Gasteiger partial charge in [0.25, 0.3) is 0 Å². The largest absolute Gasteiger partial charge is 0.472 e. The van der Waals surface area contributed by atoms with Crippen molar-refractivity contribution in [2.75, 3.05) is 39.6 Å². The first-order valence-corrected chi connectivity index (χ1v) is 41.0. The van der Waals surface area contributed by atoms with Crippen molar-refractivity contribution < 1.29 is 80.2 Å². The molecule has 0 saturated heterocycles. The third-order valence-corrected chi connectivity index (χ3v) is 19.2. The van der Waals surface area contributed by atoms with Crippen LogP contribution in [0.1, 0.15) is 375 Å². The monoisotopic (exact) mass is 1350 g/mol. The summed E-state index contributed by atoms with van der Waals surface area (Å²) in [5.74, 6) is -0.606. The number of carbonyl (C=O) groups is 4. The normalized spacial score (nSPS) is 14.4. The molecule has 3 N–H and O–H groups in total. The van der Waals surface area contributed by atoms with Crippen LogP contribution in [-0.4, -0.2) is 96.7 Å². The fraction of sp³-hybridized carbons (Fsp3) is 0.945. The lowest BCUT2D eigenvalue weighted by molar-refractivity contribution is -0.161. The highest BCUT2D eigenvalue weighted by atomic mass is 31.2. The Kier molecular flexibility index (Phi) is 63.7. The number of phosphoric ester groups is 2. The second-order valence-electron chi connectivity index (χ2n) is 27.1. The van der Waals surface area contributed by atoms with E-state index in [-0.39, 0.29) is 25.7 Å². The molecule has 92 heavy (non-hydrogen) atoms. The van der Waals surface area contributed by atoms with Gasteiger partial charge in [-0.2, -0.15) is 0 Å². The molecule has 0 rings (SSSR count). The van der Waals surface area contributed by atoms with Crippen molar-refractivity contribution in [3.63, 3.8) is 0 Å². The second-order valence-corrected chi connectivity index (χ2v) is 30.0. The summed E-state index contributed by atoms with van der Waals surface area (Å²) in [7, 11) is -9.91. The SMILES string of the molecule is CCCCCCCCCCCCCCCCCCC(=O)O[C@H](COC(=O)CCCCCCCCCCCC(C)C)COP(=O)(O)OC[C@@H](O)COP(=O)(O)OC[C@@H](COC(=O)CCCCCCCCCCCCCC)OC(=O)CCCCCCCCCCC(C)CC. The van der Waals surface area contributed by atoms with Gasteiger partial charge in [0.1, 0.15) is 19.3 Å². The first kappa shape index (κ1) is 90.1. The first-order valence-electron chi connectivity index (χ1n) is 38.0. The van der Waals surface area contributed by atoms with E-state index in [0.717, 1.165) is 102 Å². The van der Waals surface area contributed by atoms with Crippen molar-refractivity contribution in [3.8, 4) is 0 Å². The van der Waals surface area contributed by atoms with Crippen molar-refractivity contribution in [2.24, 2.45) is 11.8 Å². The number of aliphatic hydroxyl groups excluding tert-OH is 1. The molecule has 0 fully saturated rings. The summed E-state index contributed by atoms with van der Waals surface area (Å²) in [6.07, 6.45) is 51.2. The number of phosphoric acid groups is 2. The number of carbonyl (C=O) groups excluding carboxylic acids is 4. The first-order chi connectivity index (χ1) is 44.4. The topological polar surface area (TPSA) is 237 Å². The predicted molar refractivity (Wildman–Crippen MR) is 372 cm³/mol. The van der Waals surface area contributed by atoms with Crippen LogP contribution in [0.15, 0.2) is 0 Å². The van der Waals surface area contributed by atoms with Crippen LogP contribution in [0.2, 0.25) is 0 Å². The Morgan fingerprint density at radius 1 is 0.315 bits per heavy atom. The molecule has 19 heteroatoms. The zero-order valence-corrected chi connectivity index (χ0v) is 61.6. The Hall–Kier alpha value is -1.94. The quantitative estimate of drug-likeness (QED) is 0.0222.